The topological polar surface area (TPSA) is 69.6 Å². The molecule has 106 valence electrons. The number of carbonyl (C=O) groups excluding carboxylic acids is 1. The van der Waals surface area contributed by atoms with Crippen molar-refractivity contribution in [1.29, 1.82) is 0 Å². The van der Waals surface area contributed by atoms with Crippen LogP contribution in [0.3, 0.4) is 0 Å². The van der Waals surface area contributed by atoms with Crippen LogP contribution in [0.4, 0.5) is 5.69 Å². The molecule has 0 spiro atoms. The SMILES string of the molecule is O=C(Nc1ccc(O)cc1O)C12CC3CC(CC1C3)C2. The molecule has 1 aromatic rings. The van der Waals surface area contributed by atoms with E-state index in [1.54, 1.807) is 6.07 Å². The summed E-state index contributed by atoms with van der Waals surface area (Å²) >= 11 is 0. The van der Waals surface area contributed by atoms with Crippen LogP contribution >= 0.6 is 0 Å². The van der Waals surface area contributed by atoms with Gasteiger partial charge in [-0.2, -0.15) is 0 Å². The lowest BCUT2D eigenvalue weighted by Gasteiger charge is -2.31. The van der Waals surface area contributed by atoms with E-state index in [0.29, 0.717) is 11.6 Å². The molecule has 3 N–H and O–H groups in total. The average molecular weight is 273 g/mol. The summed E-state index contributed by atoms with van der Waals surface area (Å²) in [6.07, 6.45) is 5.73. The molecule has 1 aromatic carbocycles. The number of phenols is 2. The second kappa shape index (κ2) is 3.90. The number of aromatic hydroxyl groups is 2. The summed E-state index contributed by atoms with van der Waals surface area (Å²) in [6.45, 7) is 0. The minimum absolute atomic E-state index is 0.000448. The molecule has 20 heavy (non-hydrogen) atoms. The number of carbonyl (C=O) groups is 1. The Bertz CT molecular complexity index is 569. The Balaban J connectivity index is 1.59. The molecule has 0 radical (unpaired) electrons. The number of benzene rings is 1. The molecule has 5 rings (SSSR count). The molecule has 4 aliphatic rings. The van der Waals surface area contributed by atoms with E-state index in [9.17, 15) is 15.0 Å². The van der Waals surface area contributed by atoms with Crippen LogP contribution in [0.15, 0.2) is 18.2 Å². The number of amides is 1. The molecule has 4 fully saturated rings. The van der Waals surface area contributed by atoms with Gasteiger partial charge in [0, 0.05) is 6.07 Å². The van der Waals surface area contributed by atoms with Crippen molar-refractivity contribution in [3.05, 3.63) is 18.2 Å². The van der Waals surface area contributed by atoms with Gasteiger partial charge in [0.2, 0.25) is 5.91 Å². The number of phenolic OH excluding ortho intramolecular Hbond substituents is 2. The fourth-order valence-electron chi connectivity index (χ4n) is 5.04. The predicted octanol–water partition coefficient (Wildman–Crippen LogP) is 2.86. The summed E-state index contributed by atoms with van der Waals surface area (Å²) in [7, 11) is 0. The van der Waals surface area contributed by atoms with E-state index in [4.69, 9.17) is 0 Å². The molecule has 2 unspecified atom stereocenters. The highest BCUT2D eigenvalue weighted by Crippen LogP contribution is 2.65. The maximum Gasteiger partial charge on any atom is 0.230 e. The molecule has 0 aromatic heterocycles. The Hall–Kier alpha value is -1.71. The lowest BCUT2D eigenvalue weighted by molar-refractivity contribution is -0.127. The third kappa shape index (κ3) is 1.57. The normalized spacial score (nSPS) is 37.3. The van der Waals surface area contributed by atoms with E-state index in [1.807, 2.05) is 0 Å². The van der Waals surface area contributed by atoms with E-state index in [1.165, 1.54) is 31.4 Å². The summed E-state index contributed by atoms with van der Waals surface area (Å²) in [5.74, 6) is 1.98. The van der Waals surface area contributed by atoms with Crippen LogP contribution in [0.1, 0.15) is 32.1 Å². The predicted molar refractivity (Wildman–Crippen MR) is 74.4 cm³/mol. The van der Waals surface area contributed by atoms with Gasteiger partial charge in [-0.05, 0) is 62.0 Å². The maximum atomic E-state index is 12.7. The van der Waals surface area contributed by atoms with Crippen LogP contribution < -0.4 is 5.32 Å². The lowest BCUT2D eigenvalue weighted by Crippen LogP contribution is -2.37. The highest BCUT2D eigenvalue weighted by molar-refractivity contribution is 5.97. The maximum absolute atomic E-state index is 12.7. The molecule has 4 heteroatoms. The molecule has 4 bridgehead atoms. The van der Waals surface area contributed by atoms with E-state index in [-0.39, 0.29) is 22.8 Å². The molecular formula is C16H19NO3. The van der Waals surface area contributed by atoms with Crippen molar-refractivity contribution in [2.75, 3.05) is 5.32 Å². The van der Waals surface area contributed by atoms with E-state index in [2.05, 4.69) is 5.32 Å². The molecule has 4 saturated carbocycles. The minimum atomic E-state index is -0.197. The van der Waals surface area contributed by atoms with E-state index < -0.39 is 0 Å². The van der Waals surface area contributed by atoms with Crippen molar-refractivity contribution >= 4 is 11.6 Å². The summed E-state index contributed by atoms with van der Waals surface area (Å²) in [6, 6.07) is 4.29. The number of anilines is 1. The number of hydrogen-bond donors (Lipinski definition) is 3. The molecule has 0 saturated heterocycles. The zero-order chi connectivity index (χ0) is 13.9. The van der Waals surface area contributed by atoms with Crippen LogP contribution in [0.5, 0.6) is 11.5 Å². The zero-order valence-electron chi connectivity index (χ0n) is 11.3. The largest absolute Gasteiger partial charge is 0.508 e. The molecule has 4 nitrogen and oxygen atoms in total. The second-order valence-corrected chi connectivity index (χ2v) is 6.86. The number of hydrogen-bond acceptors (Lipinski definition) is 3. The quantitative estimate of drug-likeness (QED) is 0.573. The van der Waals surface area contributed by atoms with Crippen molar-refractivity contribution in [2.24, 2.45) is 23.2 Å². The summed E-state index contributed by atoms with van der Waals surface area (Å²) in [4.78, 5) is 12.7. The summed E-state index contributed by atoms with van der Waals surface area (Å²) in [5, 5.41) is 22.0. The molecule has 1 amide bonds. The van der Waals surface area contributed by atoms with Crippen molar-refractivity contribution in [3.63, 3.8) is 0 Å². The van der Waals surface area contributed by atoms with Crippen molar-refractivity contribution in [2.45, 2.75) is 32.1 Å². The molecule has 0 heterocycles. The first-order chi connectivity index (χ1) is 9.57. The summed E-state index contributed by atoms with van der Waals surface area (Å²) < 4.78 is 0. The van der Waals surface area contributed by atoms with Crippen molar-refractivity contribution in [1.82, 2.24) is 0 Å². The van der Waals surface area contributed by atoms with Crippen molar-refractivity contribution in [3.8, 4) is 11.5 Å². The van der Waals surface area contributed by atoms with Gasteiger partial charge < -0.3 is 15.5 Å². The van der Waals surface area contributed by atoms with Gasteiger partial charge in [0.15, 0.2) is 0 Å². The first kappa shape index (κ1) is 12.1. The Morgan fingerprint density at radius 3 is 2.50 bits per heavy atom. The number of nitrogens with one attached hydrogen (secondary N) is 1. The van der Waals surface area contributed by atoms with Gasteiger partial charge >= 0.3 is 0 Å². The zero-order valence-corrected chi connectivity index (χ0v) is 11.3. The van der Waals surface area contributed by atoms with E-state index in [0.717, 1.165) is 24.7 Å². The Morgan fingerprint density at radius 1 is 1.15 bits per heavy atom. The van der Waals surface area contributed by atoms with Crippen LogP contribution in [0.25, 0.3) is 0 Å². The van der Waals surface area contributed by atoms with Gasteiger partial charge in [-0.15, -0.1) is 0 Å². The van der Waals surface area contributed by atoms with Gasteiger partial charge in [0.1, 0.15) is 11.5 Å². The highest BCUT2D eigenvalue weighted by Gasteiger charge is 2.61. The molecular weight excluding hydrogens is 254 g/mol. The standard InChI is InChI=1S/C16H19NO3/c18-12-1-2-13(14(19)6-12)17-15(20)16-7-9-3-10(8-16)5-11(16)4-9/h1-2,6,9-11,18-19H,3-5,7-8H2,(H,17,20). The smallest absolute Gasteiger partial charge is 0.230 e. The van der Waals surface area contributed by atoms with E-state index >= 15 is 0 Å². The van der Waals surface area contributed by atoms with Gasteiger partial charge in [0.05, 0.1) is 11.1 Å². The minimum Gasteiger partial charge on any atom is -0.508 e. The van der Waals surface area contributed by atoms with Crippen LogP contribution in [0, 0.1) is 23.2 Å². The fourth-order valence-corrected chi connectivity index (χ4v) is 5.04. The second-order valence-electron chi connectivity index (χ2n) is 6.86. The van der Waals surface area contributed by atoms with Gasteiger partial charge in [-0.1, -0.05) is 0 Å². The summed E-state index contributed by atoms with van der Waals surface area (Å²) in [5.41, 5.74) is 0.200. The molecule has 2 atom stereocenters. The van der Waals surface area contributed by atoms with Gasteiger partial charge in [-0.3, -0.25) is 4.79 Å². The first-order valence-electron chi connectivity index (χ1n) is 7.40. The highest BCUT2D eigenvalue weighted by atomic mass is 16.3. The Kier molecular flexibility index (Phi) is 2.35. The molecule has 4 aliphatic carbocycles. The first-order valence-corrected chi connectivity index (χ1v) is 7.40. The third-order valence-corrected chi connectivity index (χ3v) is 5.67. The number of rotatable bonds is 2. The third-order valence-electron chi connectivity index (χ3n) is 5.67. The average Bonchev–Trinajstić information content (AvgIpc) is 2.79. The van der Waals surface area contributed by atoms with Crippen LogP contribution in [-0.2, 0) is 4.79 Å². The van der Waals surface area contributed by atoms with Crippen LogP contribution in [-0.4, -0.2) is 16.1 Å². The Morgan fingerprint density at radius 2 is 1.85 bits per heavy atom. The Labute approximate surface area is 117 Å². The lowest BCUT2D eigenvalue weighted by atomic mass is 9.75. The van der Waals surface area contributed by atoms with Crippen molar-refractivity contribution < 1.29 is 15.0 Å². The van der Waals surface area contributed by atoms with Gasteiger partial charge in [-0.25, -0.2) is 0 Å². The monoisotopic (exact) mass is 273 g/mol. The fraction of sp³-hybridized carbons (Fsp3) is 0.562. The molecule has 0 aliphatic heterocycles. The van der Waals surface area contributed by atoms with Crippen LogP contribution in [0.2, 0.25) is 0 Å². The van der Waals surface area contributed by atoms with Gasteiger partial charge in [0.25, 0.3) is 0 Å².